The molecule has 38 heavy (non-hydrogen) atoms. The summed E-state index contributed by atoms with van der Waals surface area (Å²) >= 11 is 0. The van der Waals surface area contributed by atoms with Crippen LogP contribution in [0.1, 0.15) is 50.0 Å². The second kappa shape index (κ2) is 11.7. The van der Waals surface area contributed by atoms with Gasteiger partial charge in [-0.3, -0.25) is 19.7 Å². The van der Waals surface area contributed by atoms with Crippen molar-refractivity contribution in [3.05, 3.63) is 118 Å². The van der Waals surface area contributed by atoms with Gasteiger partial charge in [0.25, 0.3) is 5.69 Å². The van der Waals surface area contributed by atoms with Crippen molar-refractivity contribution in [2.75, 3.05) is 7.11 Å². The fraction of sp³-hybridized carbons (Fsp3) is 0.267. The molecule has 3 aromatic rings. The maximum atomic E-state index is 14.3. The minimum Gasteiger partial charge on any atom is -0.497 e. The lowest BCUT2D eigenvalue weighted by atomic mass is 9.76. The monoisotopic (exact) mass is 517 g/mol. The van der Waals surface area contributed by atoms with Crippen LogP contribution in [0.25, 0.3) is 0 Å². The molecule has 0 radical (unpaired) electrons. The van der Waals surface area contributed by atoms with Crippen molar-refractivity contribution in [2.45, 2.75) is 44.3 Å². The third kappa shape index (κ3) is 6.08. The second-order valence-electron chi connectivity index (χ2n) is 9.65. The number of hydrogen-bond acceptors (Lipinski definition) is 7. The smallest absolute Gasteiger partial charge is 0.329 e. The Bertz CT molecular complexity index is 1260. The highest BCUT2D eigenvalue weighted by atomic mass is 16.6. The molecule has 0 aliphatic rings. The van der Waals surface area contributed by atoms with Gasteiger partial charge in [-0.2, -0.15) is 0 Å². The van der Waals surface area contributed by atoms with Crippen LogP contribution in [-0.2, 0) is 24.5 Å². The highest BCUT2D eigenvalue weighted by molar-refractivity contribution is 6.08. The van der Waals surface area contributed by atoms with E-state index in [1.807, 2.05) is 12.1 Å². The first kappa shape index (κ1) is 28.1. The van der Waals surface area contributed by atoms with E-state index < -0.39 is 39.7 Å². The van der Waals surface area contributed by atoms with Crippen molar-refractivity contribution >= 4 is 17.6 Å². The maximum Gasteiger partial charge on any atom is 0.329 e. The largest absolute Gasteiger partial charge is 0.497 e. The molecule has 0 bridgehead atoms. The normalized spacial score (nSPS) is 12.8. The zero-order valence-corrected chi connectivity index (χ0v) is 21.9. The van der Waals surface area contributed by atoms with Gasteiger partial charge in [0.1, 0.15) is 11.4 Å². The molecule has 0 spiro atoms. The molecule has 8 nitrogen and oxygen atoms in total. The molecule has 0 heterocycles. The molecule has 0 saturated carbocycles. The number of carbonyl (C=O) groups is 2. The van der Waals surface area contributed by atoms with E-state index in [9.17, 15) is 19.7 Å². The van der Waals surface area contributed by atoms with Crippen LogP contribution < -0.4 is 4.74 Å². The van der Waals surface area contributed by atoms with Gasteiger partial charge in [-0.15, -0.1) is 6.58 Å². The quantitative estimate of drug-likeness (QED) is 0.105. The number of nitro groups is 1. The predicted molar refractivity (Wildman–Crippen MR) is 143 cm³/mol. The van der Waals surface area contributed by atoms with Crippen molar-refractivity contribution < 1.29 is 28.7 Å². The van der Waals surface area contributed by atoms with Crippen molar-refractivity contribution in [1.29, 1.82) is 0 Å². The van der Waals surface area contributed by atoms with Crippen LogP contribution in [0.3, 0.4) is 0 Å². The molecule has 198 valence electrons. The maximum absolute atomic E-state index is 14.3. The SMILES string of the molecule is C=CCC(C(=O)OC(c1ccccc1)c1ccccc1)(C(=O)OC(C)(C)C)c1cc(OC)ccc1[N+](=O)[O-]. The zero-order chi connectivity index (χ0) is 27.9. The molecule has 0 aliphatic carbocycles. The van der Waals surface area contributed by atoms with Crippen LogP contribution in [0.15, 0.2) is 91.5 Å². The number of carbonyl (C=O) groups excluding carboxylic acids is 2. The lowest BCUT2D eigenvalue weighted by Gasteiger charge is -2.33. The summed E-state index contributed by atoms with van der Waals surface area (Å²) in [6.45, 7) is 8.66. The summed E-state index contributed by atoms with van der Waals surface area (Å²) in [6.07, 6.45) is 0.126. The van der Waals surface area contributed by atoms with E-state index in [4.69, 9.17) is 14.2 Å². The van der Waals surface area contributed by atoms with Gasteiger partial charge in [-0.25, -0.2) is 0 Å². The minimum atomic E-state index is -2.24. The van der Waals surface area contributed by atoms with Gasteiger partial charge >= 0.3 is 11.9 Å². The number of benzene rings is 3. The molecule has 1 unspecified atom stereocenters. The van der Waals surface area contributed by atoms with Crippen LogP contribution in [0.5, 0.6) is 5.75 Å². The van der Waals surface area contributed by atoms with Gasteiger partial charge in [0, 0.05) is 6.07 Å². The van der Waals surface area contributed by atoms with Crippen LogP contribution in [0, 0.1) is 10.1 Å². The molecular formula is C30H31NO7. The molecule has 0 saturated heterocycles. The van der Waals surface area contributed by atoms with E-state index in [-0.39, 0.29) is 17.7 Å². The standard InChI is InChI=1S/C30H31NO7/c1-6-19-30(28(33)38-29(2,3)4,24-20-23(36-5)17-18-25(24)31(34)35)27(32)37-26(21-13-9-7-10-14-21)22-15-11-8-12-16-22/h6-18,20,26H,1,19H2,2-5H3. The molecule has 0 N–H and O–H groups in total. The Balaban J connectivity index is 2.28. The molecule has 3 rings (SSSR count). The van der Waals surface area contributed by atoms with Gasteiger partial charge in [0.15, 0.2) is 11.5 Å². The van der Waals surface area contributed by atoms with Gasteiger partial charge in [0.2, 0.25) is 0 Å². The van der Waals surface area contributed by atoms with Crippen molar-refractivity contribution in [3.8, 4) is 5.75 Å². The molecule has 1 atom stereocenters. The van der Waals surface area contributed by atoms with Gasteiger partial charge in [0.05, 0.1) is 17.6 Å². The Hall–Kier alpha value is -4.46. The van der Waals surface area contributed by atoms with E-state index in [1.54, 1.807) is 69.3 Å². The first-order valence-electron chi connectivity index (χ1n) is 12.0. The number of rotatable bonds is 10. The van der Waals surface area contributed by atoms with E-state index in [1.165, 1.54) is 31.4 Å². The van der Waals surface area contributed by atoms with Gasteiger partial charge in [-0.1, -0.05) is 66.7 Å². The first-order chi connectivity index (χ1) is 18.0. The van der Waals surface area contributed by atoms with E-state index in [0.29, 0.717) is 11.1 Å². The summed E-state index contributed by atoms with van der Waals surface area (Å²) in [7, 11) is 1.38. The summed E-state index contributed by atoms with van der Waals surface area (Å²) in [5.74, 6) is -1.79. The molecule has 0 amide bonds. The van der Waals surface area contributed by atoms with Crippen LogP contribution in [0.4, 0.5) is 5.69 Å². The van der Waals surface area contributed by atoms with Crippen LogP contribution in [0.2, 0.25) is 0 Å². The van der Waals surface area contributed by atoms with Crippen molar-refractivity contribution in [2.24, 2.45) is 0 Å². The summed E-state index contributed by atoms with van der Waals surface area (Å²) in [4.78, 5) is 39.6. The fourth-order valence-corrected chi connectivity index (χ4v) is 4.10. The number of hydrogen-bond donors (Lipinski definition) is 0. The highest BCUT2D eigenvalue weighted by Gasteiger charge is 2.55. The predicted octanol–water partition coefficient (Wildman–Crippen LogP) is 6.09. The van der Waals surface area contributed by atoms with Crippen LogP contribution >= 0.6 is 0 Å². The fourth-order valence-electron chi connectivity index (χ4n) is 4.10. The lowest BCUT2D eigenvalue weighted by molar-refractivity contribution is -0.386. The van der Waals surface area contributed by atoms with Crippen molar-refractivity contribution in [3.63, 3.8) is 0 Å². The number of nitro benzene ring substituents is 1. The summed E-state index contributed by atoms with van der Waals surface area (Å²) in [5, 5.41) is 12.1. The Morgan fingerprint density at radius 2 is 1.50 bits per heavy atom. The summed E-state index contributed by atoms with van der Waals surface area (Å²) in [6, 6.07) is 21.9. The minimum absolute atomic E-state index is 0.208. The first-order valence-corrected chi connectivity index (χ1v) is 12.0. The topological polar surface area (TPSA) is 105 Å². The van der Waals surface area contributed by atoms with E-state index in [2.05, 4.69) is 6.58 Å². The Morgan fingerprint density at radius 1 is 0.947 bits per heavy atom. The Labute approximate surface area is 222 Å². The second-order valence-corrected chi connectivity index (χ2v) is 9.65. The van der Waals surface area contributed by atoms with Gasteiger partial charge < -0.3 is 14.2 Å². The van der Waals surface area contributed by atoms with E-state index in [0.717, 1.165) is 0 Å². The molecule has 0 aromatic heterocycles. The Morgan fingerprint density at radius 3 is 1.95 bits per heavy atom. The number of esters is 2. The molecule has 0 aliphatic heterocycles. The molecule has 8 heteroatoms. The van der Waals surface area contributed by atoms with Crippen molar-refractivity contribution in [1.82, 2.24) is 0 Å². The zero-order valence-electron chi connectivity index (χ0n) is 21.9. The summed E-state index contributed by atoms with van der Waals surface area (Å²) in [5.41, 5.74) is -2.59. The number of nitrogens with zero attached hydrogens (tertiary/aromatic N) is 1. The third-order valence-corrected chi connectivity index (χ3v) is 5.84. The third-order valence-electron chi connectivity index (χ3n) is 5.84. The Kier molecular flexibility index (Phi) is 8.68. The number of methoxy groups -OCH3 is 1. The van der Waals surface area contributed by atoms with Gasteiger partial charge in [-0.05, 0) is 50.5 Å². The highest BCUT2D eigenvalue weighted by Crippen LogP contribution is 2.42. The molecule has 0 fully saturated rings. The molecular weight excluding hydrogens is 486 g/mol. The average Bonchev–Trinajstić information content (AvgIpc) is 2.89. The molecule has 3 aromatic carbocycles. The number of allylic oxidation sites excluding steroid dienone is 1. The van der Waals surface area contributed by atoms with Crippen LogP contribution in [-0.4, -0.2) is 29.6 Å². The van der Waals surface area contributed by atoms with E-state index >= 15 is 0 Å². The lowest BCUT2D eigenvalue weighted by Crippen LogP contribution is -2.48. The summed E-state index contributed by atoms with van der Waals surface area (Å²) < 4.78 is 17.1. The average molecular weight is 518 g/mol. The number of ether oxygens (including phenoxy) is 3.